The minimum Gasteiger partial charge on any atom is -0.393 e. The average Bonchev–Trinajstić information content (AvgIpc) is 3.05. The third-order valence-electron chi connectivity index (χ3n) is 10.1. The van der Waals surface area contributed by atoms with Crippen LogP contribution in [0, 0.1) is 52.8 Å². The molecule has 0 radical (unpaired) electrons. The fourth-order valence-corrected chi connectivity index (χ4v) is 8.44. The number of hydrogen-bond acceptors (Lipinski definition) is 1. The largest absolute Gasteiger partial charge is 0.393 e. The molecule has 29 heavy (non-hydrogen) atoms. The number of aliphatic hydroxyl groups is 1. The summed E-state index contributed by atoms with van der Waals surface area (Å²) < 4.78 is 0. The molecule has 3 saturated carbocycles. The Kier molecular flexibility index (Phi) is 6.37. The van der Waals surface area contributed by atoms with Crippen molar-refractivity contribution in [3.05, 3.63) is 23.8 Å². The lowest BCUT2D eigenvalue weighted by Crippen LogP contribution is -2.46. The first-order chi connectivity index (χ1) is 13.8. The van der Waals surface area contributed by atoms with E-state index in [-0.39, 0.29) is 6.10 Å². The van der Waals surface area contributed by atoms with E-state index in [9.17, 15) is 5.11 Å². The minimum absolute atomic E-state index is 0.0656. The summed E-state index contributed by atoms with van der Waals surface area (Å²) in [7, 11) is 0. The first-order valence-corrected chi connectivity index (χ1v) is 12.9. The minimum atomic E-state index is -0.0656. The van der Waals surface area contributed by atoms with Crippen molar-refractivity contribution < 1.29 is 5.11 Å². The highest BCUT2D eigenvalue weighted by molar-refractivity contribution is 5.20. The van der Waals surface area contributed by atoms with E-state index >= 15 is 0 Å². The lowest BCUT2D eigenvalue weighted by atomic mass is 9.51. The van der Waals surface area contributed by atoms with Gasteiger partial charge in [-0.2, -0.15) is 0 Å². The Morgan fingerprint density at radius 2 is 1.86 bits per heavy atom. The fourth-order valence-electron chi connectivity index (χ4n) is 8.44. The molecule has 0 bridgehead atoms. The Hall–Kier alpha value is -0.560. The molecule has 1 N–H and O–H groups in total. The standard InChI is InChI=1S/C28H46O/c1-6-20(18(2)3)8-7-19(4)26-13-14-27-25-11-9-21-17-22(29)10-12-23(21)24(25)15-16-28(26,27)5/h7-9,18-20,22-27,29H,6,10-17H2,1-5H3. The average molecular weight is 399 g/mol. The van der Waals surface area contributed by atoms with Crippen LogP contribution in [0.4, 0.5) is 0 Å². The zero-order valence-corrected chi connectivity index (χ0v) is 19.7. The number of allylic oxidation sites excluding steroid dienone is 3. The van der Waals surface area contributed by atoms with Gasteiger partial charge in [0.25, 0.3) is 0 Å². The van der Waals surface area contributed by atoms with E-state index < -0.39 is 0 Å². The van der Waals surface area contributed by atoms with Crippen LogP contribution in [-0.2, 0) is 0 Å². The molecule has 0 saturated heterocycles. The van der Waals surface area contributed by atoms with E-state index in [1.165, 1.54) is 44.9 Å². The van der Waals surface area contributed by atoms with Crippen LogP contribution >= 0.6 is 0 Å². The van der Waals surface area contributed by atoms with Crippen LogP contribution in [0.2, 0.25) is 0 Å². The van der Waals surface area contributed by atoms with Gasteiger partial charge in [-0.25, -0.2) is 0 Å². The molecule has 4 aliphatic carbocycles. The van der Waals surface area contributed by atoms with Crippen molar-refractivity contribution in [1.82, 2.24) is 0 Å². The summed E-state index contributed by atoms with van der Waals surface area (Å²) in [6.45, 7) is 12.2. The van der Waals surface area contributed by atoms with Gasteiger partial charge in [-0.15, -0.1) is 0 Å². The van der Waals surface area contributed by atoms with Crippen molar-refractivity contribution in [2.75, 3.05) is 0 Å². The van der Waals surface area contributed by atoms with E-state index in [0.717, 1.165) is 54.3 Å². The predicted octanol–water partition coefficient (Wildman–Crippen LogP) is 7.41. The molecule has 0 heterocycles. The quantitative estimate of drug-likeness (QED) is 0.478. The molecule has 4 rings (SSSR count). The van der Waals surface area contributed by atoms with Crippen molar-refractivity contribution in [3.63, 3.8) is 0 Å². The van der Waals surface area contributed by atoms with Gasteiger partial charge >= 0.3 is 0 Å². The Balaban J connectivity index is 1.48. The molecule has 9 atom stereocenters. The number of aliphatic hydroxyl groups excluding tert-OH is 1. The van der Waals surface area contributed by atoms with Crippen LogP contribution in [0.15, 0.2) is 23.8 Å². The second-order valence-electron chi connectivity index (χ2n) is 11.8. The molecule has 4 aliphatic rings. The van der Waals surface area contributed by atoms with Crippen molar-refractivity contribution in [2.45, 2.75) is 98.5 Å². The van der Waals surface area contributed by atoms with E-state index in [2.05, 4.69) is 52.8 Å². The summed E-state index contributed by atoms with van der Waals surface area (Å²) in [4.78, 5) is 0. The maximum atomic E-state index is 10.1. The van der Waals surface area contributed by atoms with Crippen LogP contribution in [0.1, 0.15) is 92.4 Å². The van der Waals surface area contributed by atoms with E-state index in [0.29, 0.717) is 11.3 Å². The molecule has 1 nitrogen and oxygen atoms in total. The summed E-state index contributed by atoms with van der Waals surface area (Å²) in [5, 5.41) is 10.1. The van der Waals surface area contributed by atoms with Crippen LogP contribution in [0.5, 0.6) is 0 Å². The van der Waals surface area contributed by atoms with E-state index in [4.69, 9.17) is 0 Å². The molecule has 0 aromatic heterocycles. The number of fused-ring (bicyclic) bond motifs is 5. The molecule has 1 heteroatoms. The molecule has 0 aromatic carbocycles. The molecule has 0 amide bonds. The Bertz CT molecular complexity index is 630. The van der Waals surface area contributed by atoms with Crippen molar-refractivity contribution in [3.8, 4) is 0 Å². The van der Waals surface area contributed by atoms with Gasteiger partial charge < -0.3 is 5.11 Å². The molecule has 9 unspecified atom stereocenters. The molecular formula is C28H46O. The lowest BCUT2D eigenvalue weighted by Gasteiger charge is -2.54. The molecule has 0 aliphatic heterocycles. The topological polar surface area (TPSA) is 20.2 Å². The summed E-state index contributed by atoms with van der Waals surface area (Å²) in [6, 6.07) is 0. The summed E-state index contributed by atoms with van der Waals surface area (Å²) in [5.74, 6) is 6.63. The van der Waals surface area contributed by atoms with Crippen LogP contribution in [-0.4, -0.2) is 11.2 Å². The van der Waals surface area contributed by atoms with Crippen LogP contribution in [0.25, 0.3) is 0 Å². The van der Waals surface area contributed by atoms with Gasteiger partial charge in [0.2, 0.25) is 0 Å². The molecule has 164 valence electrons. The molecular weight excluding hydrogens is 352 g/mol. The summed E-state index contributed by atoms with van der Waals surface area (Å²) >= 11 is 0. The van der Waals surface area contributed by atoms with Gasteiger partial charge in [0, 0.05) is 0 Å². The third kappa shape index (κ3) is 3.90. The van der Waals surface area contributed by atoms with E-state index in [1.54, 1.807) is 5.57 Å². The van der Waals surface area contributed by atoms with Crippen molar-refractivity contribution in [2.24, 2.45) is 52.8 Å². The van der Waals surface area contributed by atoms with Crippen LogP contribution in [0.3, 0.4) is 0 Å². The lowest BCUT2D eigenvalue weighted by molar-refractivity contribution is -0.0246. The molecule has 0 aromatic rings. The van der Waals surface area contributed by atoms with Gasteiger partial charge in [0.05, 0.1) is 6.10 Å². The smallest absolute Gasteiger partial charge is 0.0577 e. The van der Waals surface area contributed by atoms with Gasteiger partial charge in [0.1, 0.15) is 0 Å². The highest BCUT2D eigenvalue weighted by Crippen LogP contribution is 2.64. The second-order valence-corrected chi connectivity index (χ2v) is 11.8. The Morgan fingerprint density at radius 3 is 2.59 bits per heavy atom. The predicted molar refractivity (Wildman–Crippen MR) is 124 cm³/mol. The first-order valence-electron chi connectivity index (χ1n) is 12.9. The Labute approximate surface area is 180 Å². The van der Waals surface area contributed by atoms with Gasteiger partial charge in [-0.1, -0.05) is 58.4 Å². The first kappa shape index (κ1) is 21.7. The third-order valence-corrected chi connectivity index (χ3v) is 10.1. The second kappa shape index (κ2) is 8.52. The fraction of sp³-hybridized carbons (Fsp3) is 0.857. The normalized spacial score (nSPS) is 44.2. The highest BCUT2D eigenvalue weighted by Gasteiger charge is 2.56. The number of hydrogen-bond donors (Lipinski definition) is 1. The maximum Gasteiger partial charge on any atom is 0.0577 e. The maximum absolute atomic E-state index is 10.1. The summed E-state index contributed by atoms with van der Waals surface area (Å²) in [5.41, 5.74) is 2.17. The van der Waals surface area contributed by atoms with Gasteiger partial charge in [-0.05, 0) is 111 Å². The molecule has 0 spiro atoms. The zero-order chi connectivity index (χ0) is 20.8. The van der Waals surface area contributed by atoms with Crippen molar-refractivity contribution >= 4 is 0 Å². The molecule has 3 fully saturated rings. The van der Waals surface area contributed by atoms with Crippen molar-refractivity contribution in [1.29, 1.82) is 0 Å². The van der Waals surface area contributed by atoms with Gasteiger partial charge in [-0.3, -0.25) is 0 Å². The van der Waals surface area contributed by atoms with Crippen LogP contribution < -0.4 is 0 Å². The van der Waals surface area contributed by atoms with E-state index in [1.807, 2.05) is 0 Å². The Morgan fingerprint density at radius 1 is 1.07 bits per heavy atom. The monoisotopic (exact) mass is 398 g/mol. The number of rotatable bonds is 5. The van der Waals surface area contributed by atoms with Gasteiger partial charge in [0.15, 0.2) is 0 Å². The summed E-state index contributed by atoms with van der Waals surface area (Å²) in [6.07, 6.45) is 19.2. The SMILES string of the molecule is CCC(C=CC(C)C1CCC2C3CC=C4CC(O)CCC4C3CCC12C)C(C)C. The highest BCUT2D eigenvalue weighted by atomic mass is 16.3. The zero-order valence-electron chi connectivity index (χ0n) is 19.7.